The van der Waals surface area contributed by atoms with Gasteiger partial charge in [0.25, 0.3) is 0 Å². The molecule has 14 heavy (non-hydrogen) atoms. The molecule has 0 bridgehead atoms. The lowest BCUT2D eigenvalue weighted by atomic mass is 10.3. The van der Waals surface area contributed by atoms with Crippen LogP contribution in [-0.2, 0) is 6.54 Å². The molecule has 0 amide bonds. The first-order valence-corrected chi connectivity index (χ1v) is 4.87. The Morgan fingerprint density at radius 2 is 2.07 bits per heavy atom. The highest BCUT2D eigenvalue weighted by atomic mass is 15.1. The third kappa shape index (κ3) is 3.30. The van der Waals surface area contributed by atoms with Gasteiger partial charge in [0.2, 0.25) is 5.95 Å². The minimum atomic E-state index is 0.360. The monoisotopic (exact) mass is 194 g/mol. The van der Waals surface area contributed by atoms with Gasteiger partial charge in [0, 0.05) is 18.3 Å². The number of aryl methyl sites for hydroxylation is 1. The summed E-state index contributed by atoms with van der Waals surface area (Å²) >= 11 is 0. The maximum absolute atomic E-state index is 4.38. The molecular weight excluding hydrogens is 176 g/mol. The third-order valence-corrected chi connectivity index (χ3v) is 1.68. The second-order valence-corrected chi connectivity index (χ2v) is 3.65. The molecule has 78 valence electrons. The lowest BCUT2D eigenvalue weighted by molar-refractivity contribution is 0.777. The van der Waals surface area contributed by atoms with Crippen LogP contribution in [0, 0.1) is 6.92 Å². The van der Waals surface area contributed by atoms with Gasteiger partial charge >= 0.3 is 0 Å². The van der Waals surface area contributed by atoms with E-state index >= 15 is 0 Å². The van der Waals surface area contributed by atoms with Crippen molar-refractivity contribution in [3.05, 3.63) is 17.5 Å². The average molecular weight is 194 g/mol. The zero-order valence-electron chi connectivity index (χ0n) is 9.26. The first-order chi connectivity index (χ1) is 6.61. The smallest absolute Gasteiger partial charge is 0.223 e. The first-order valence-electron chi connectivity index (χ1n) is 4.87. The predicted molar refractivity (Wildman–Crippen MR) is 58.3 cm³/mol. The van der Waals surface area contributed by atoms with Crippen LogP contribution in [0.3, 0.4) is 0 Å². The number of hydrogen-bond acceptors (Lipinski definition) is 4. The number of anilines is 1. The van der Waals surface area contributed by atoms with Gasteiger partial charge in [-0.15, -0.1) is 0 Å². The molecule has 0 spiro atoms. The van der Waals surface area contributed by atoms with E-state index in [0.29, 0.717) is 12.0 Å². The van der Waals surface area contributed by atoms with Crippen LogP contribution in [0.15, 0.2) is 6.07 Å². The van der Waals surface area contributed by atoms with E-state index in [4.69, 9.17) is 0 Å². The van der Waals surface area contributed by atoms with E-state index in [2.05, 4.69) is 34.4 Å². The van der Waals surface area contributed by atoms with Crippen molar-refractivity contribution in [2.45, 2.75) is 33.4 Å². The standard InChI is InChI=1S/C10H18N4/c1-7(2)12-10-13-8(3)5-9(14-10)6-11-4/h5,7,11H,6H2,1-4H3,(H,12,13,14). The zero-order valence-corrected chi connectivity index (χ0v) is 9.26. The van der Waals surface area contributed by atoms with Gasteiger partial charge < -0.3 is 10.6 Å². The number of aromatic nitrogens is 2. The van der Waals surface area contributed by atoms with Crippen LogP contribution in [0.4, 0.5) is 5.95 Å². The number of hydrogen-bond donors (Lipinski definition) is 2. The van der Waals surface area contributed by atoms with E-state index in [1.807, 2.05) is 20.0 Å². The molecule has 1 rings (SSSR count). The topological polar surface area (TPSA) is 49.8 Å². The molecule has 1 heterocycles. The molecule has 4 nitrogen and oxygen atoms in total. The van der Waals surface area contributed by atoms with Crippen LogP contribution in [0.5, 0.6) is 0 Å². The number of nitrogens with one attached hydrogen (secondary N) is 2. The Hall–Kier alpha value is -1.16. The maximum Gasteiger partial charge on any atom is 0.223 e. The highest BCUT2D eigenvalue weighted by Gasteiger charge is 2.02. The molecule has 4 heteroatoms. The Bertz CT molecular complexity index is 296. The van der Waals surface area contributed by atoms with E-state index in [-0.39, 0.29) is 0 Å². The summed E-state index contributed by atoms with van der Waals surface area (Å²) in [7, 11) is 1.91. The number of nitrogens with zero attached hydrogens (tertiary/aromatic N) is 2. The minimum absolute atomic E-state index is 0.360. The van der Waals surface area contributed by atoms with Crippen molar-refractivity contribution < 1.29 is 0 Å². The molecule has 0 aliphatic rings. The lowest BCUT2D eigenvalue weighted by Gasteiger charge is -2.10. The zero-order chi connectivity index (χ0) is 10.6. The average Bonchev–Trinajstić information content (AvgIpc) is 2.01. The van der Waals surface area contributed by atoms with Crippen LogP contribution >= 0.6 is 0 Å². The minimum Gasteiger partial charge on any atom is -0.352 e. The molecule has 2 N–H and O–H groups in total. The van der Waals surface area contributed by atoms with Crippen LogP contribution in [0.25, 0.3) is 0 Å². The molecular formula is C10H18N4. The molecule has 1 aromatic rings. The Balaban J connectivity index is 2.83. The molecule has 1 aromatic heterocycles. The molecule has 0 aliphatic carbocycles. The van der Waals surface area contributed by atoms with E-state index in [1.54, 1.807) is 0 Å². The second-order valence-electron chi connectivity index (χ2n) is 3.65. The maximum atomic E-state index is 4.38. The van der Waals surface area contributed by atoms with Crippen molar-refractivity contribution in [2.75, 3.05) is 12.4 Å². The highest BCUT2D eigenvalue weighted by molar-refractivity contribution is 5.28. The van der Waals surface area contributed by atoms with Crippen LogP contribution in [-0.4, -0.2) is 23.1 Å². The fourth-order valence-corrected chi connectivity index (χ4v) is 1.23. The lowest BCUT2D eigenvalue weighted by Crippen LogP contribution is -2.15. The van der Waals surface area contributed by atoms with E-state index in [0.717, 1.165) is 17.9 Å². The molecule has 0 saturated carbocycles. The normalized spacial score (nSPS) is 10.6. The van der Waals surface area contributed by atoms with Crippen LogP contribution < -0.4 is 10.6 Å². The summed E-state index contributed by atoms with van der Waals surface area (Å²) in [6.45, 7) is 6.90. The highest BCUT2D eigenvalue weighted by Crippen LogP contribution is 2.05. The van der Waals surface area contributed by atoms with Gasteiger partial charge in [-0.1, -0.05) is 0 Å². The molecule has 0 fully saturated rings. The second kappa shape index (κ2) is 4.91. The summed E-state index contributed by atoms with van der Waals surface area (Å²) in [4.78, 5) is 8.68. The van der Waals surface area contributed by atoms with Gasteiger partial charge in [-0.3, -0.25) is 0 Å². The summed E-state index contributed by atoms with van der Waals surface area (Å²) in [6.07, 6.45) is 0. The molecule has 0 unspecified atom stereocenters. The van der Waals surface area contributed by atoms with E-state index in [1.165, 1.54) is 0 Å². The fourth-order valence-electron chi connectivity index (χ4n) is 1.23. The van der Waals surface area contributed by atoms with Gasteiger partial charge in [0.1, 0.15) is 0 Å². The van der Waals surface area contributed by atoms with Crippen LogP contribution in [0.1, 0.15) is 25.2 Å². The largest absolute Gasteiger partial charge is 0.352 e. The van der Waals surface area contributed by atoms with Crippen molar-refractivity contribution >= 4 is 5.95 Å². The van der Waals surface area contributed by atoms with Crippen LogP contribution in [0.2, 0.25) is 0 Å². The summed E-state index contributed by atoms with van der Waals surface area (Å²) in [5, 5.41) is 6.27. The van der Waals surface area contributed by atoms with Gasteiger partial charge in [-0.25, -0.2) is 9.97 Å². The number of rotatable bonds is 4. The molecule has 0 aromatic carbocycles. The van der Waals surface area contributed by atoms with Crippen molar-refractivity contribution in [1.82, 2.24) is 15.3 Å². The van der Waals surface area contributed by atoms with Gasteiger partial charge in [-0.2, -0.15) is 0 Å². The quantitative estimate of drug-likeness (QED) is 0.759. The van der Waals surface area contributed by atoms with E-state index in [9.17, 15) is 0 Å². The van der Waals surface area contributed by atoms with E-state index < -0.39 is 0 Å². The Labute approximate surface area is 85.2 Å². The fraction of sp³-hybridized carbons (Fsp3) is 0.600. The first kappa shape index (κ1) is 10.9. The molecule has 0 aliphatic heterocycles. The Kier molecular flexibility index (Phi) is 3.83. The summed E-state index contributed by atoms with van der Waals surface area (Å²) in [6, 6.07) is 2.35. The summed E-state index contributed by atoms with van der Waals surface area (Å²) in [5.41, 5.74) is 2.01. The third-order valence-electron chi connectivity index (χ3n) is 1.68. The van der Waals surface area contributed by atoms with Crippen molar-refractivity contribution in [3.8, 4) is 0 Å². The molecule has 0 atom stereocenters. The van der Waals surface area contributed by atoms with Gasteiger partial charge in [-0.05, 0) is 33.9 Å². The van der Waals surface area contributed by atoms with Crippen molar-refractivity contribution in [2.24, 2.45) is 0 Å². The Morgan fingerprint density at radius 3 is 2.64 bits per heavy atom. The van der Waals surface area contributed by atoms with Crippen molar-refractivity contribution in [1.29, 1.82) is 0 Å². The summed E-state index contributed by atoms with van der Waals surface area (Å²) in [5.74, 6) is 0.713. The predicted octanol–water partition coefficient (Wildman–Crippen LogP) is 1.32. The molecule has 0 saturated heterocycles. The van der Waals surface area contributed by atoms with Gasteiger partial charge in [0.15, 0.2) is 0 Å². The van der Waals surface area contributed by atoms with Gasteiger partial charge in [0.05, 0.1) is 5.69 Å². The summed E-state index contributed by atoms with van der Waals surface area (Å²) < 4.78 is 0. The Morgan fingerprint density at radius 1 is 1.36 bits per heavy atom. The SMILES string of the molecule is CNCc1cc(C)nc(NC(C)C)n1. The van der Waals surface area contributed by atoms with Crippen molar-refractivity contribution in [3.63, 3.8) is 0 Å². The molecule has 0 radical (unpaired) electrons.